The molecule has 90 valence electrons. The van der Waals surface area contributed by atoms with Gasteiger partial charge in [0.1, 0.15) is 6.26 Å². The Morgan fingerprint density at radius 2 is 2.06 bits per heavy atom. The molecule has 0 N–H and O–H groups in total. The summed E-state index contributed by atoms with van der Waals surface area (Å²) in [6.45, 7) is 0. The summed E-state index contributed by atoms with van der Waals surface area (Å²) in [7, 11) is 0. The first kappa shape index (κ1) is 12.2. The summed E-state index contributed by atoms with van der Waals surface area (Å²) in [6.07, 6.45) is -2.95. The van der Waals surface area contributed by atoms with Gasteiger partial charge in [-0.1, -0.05) is 22.0 Å². The molecular formula is C11H7BrF3NO. The fourth-order valence-corrected chi connectivity index (χ4v) is 1.59. The minimum atomic E-state index is -4.36. The molecule has 2 nitrogen and oxygen atoms in total. The summed E-state index contributed by atoms with van der Waals surface area (Å²) in [6, 6.07) is 4.89. The number of benzene rings is 1. The number of halogens is 4. The molecule has 0 fully saturated rings. The third-order valence-electron chi connectivity index (χ3n) is 2.13. The molecular weight excluding hydrogens is 299 g/mol. The van der Waals surface area contributed by atoms with E-state index in [4.69, 9.17) is 4.42 Å². The monoisotopic (exact) mass is 305 g/mol. The first-order valence-corrected chi connectivity index (χ1v) is 5.81. The van der Waals surface area contributed by atoms with Gasteiger partial charge >= 0.3 is 6.18 Å². The van der Waals surface area contributed by atoms with E-state index in [2.05, 4.69) is 20.9 Å². The fraction of sp³-hybridized carbons (Fsp3) is 0.182. The average Bonchev–Trinajstić information content (AvgIpc) is 2.76. The molecule has 0 radical (unpaired) electrons. The van der Waals surface area contributed by atoms with Crippen LogP contribution in [0.1, 0.15) is 11.3 Å². The zero-order valence-corrected chi connectivity index (χ0v) is 10.0. The molecule has 0 atom stereocenters. The Bertz CT molecular complexity index is 521. The quantitative estimate of drug-likeness (QED) is 0.775. The molecule has 0 aliphatic rings. The molecule has 6 heteroatoms. The molecule has 17 heavy (non-hydrogen) atoms. The van der Waals surface area contributed by atoms with Crippen molar-refractivity contribution in [1.82, 2.24) is 4.98 Å². The van der Waals surface area contributed by atoms with Crippen LogP contribution >= 0.6 is 15.9 Å². The van der Waals surface area contributed by atoms with Crippen LogP contribution in [0.2, 0.25) is 0 Å². The molecule has 0 saturated carbocycles. The molecule has 1 aromatic heterocycles. The first-order valence-electron chi connectivity index (χ1n) is 4.68. The van der Waals surface area contributed by atoms with E-state index in [1.54, 1.807) is 0 Å². The van der Waals surface area contributed by atoms with Crippen LogP contribution in [0.4, 0.5) is 13.2 Å². The van der Waals surface area contributed by atoms with Gasteiger partial charge in [0, 0.05) is 10.9 Å². The highest BCUT2D eigenvalue weighted by Crippen LogP contribution is 2.31. The Labute approximate surface area is 104 Å². The van der Waals surface area contributed by atoms with E-state index in [0.29, 0.717) is 16.6 Å². The molecule has 0 unspecified atom stereocenters. The highest BCUT2D eigenvalue weighted by molar-refractivity contribution is 9.08. The SMILES string of the molecule is FC(F)(F)c1cccc(-c2nc(CBr)co2)c1. The minimum Gasteiger partial charge on any atom is -0.444 e. The van der Waals surface area contributed by atoms with E-state index >= 15 is 0 Å². The summed E-state index contributed by atoms with van der Waals surface area (Å²) in [4.78, 5) is 4.04. The summed E-state index contributed by atoms with van der Waals surface area (Å²) >= 11 is 3.19. The van der Waals surface area contributed by atoms with E-state index < -0.39 is 11.7 Å². The second kappa shape index (κ2) is 4.52. The fourth-order valence-electron chi connectivity index (χ4n) is 1.33. The normalized spacial score (nSPS) is 11.8. The number of hydrogen-bond donors (Lipinski definition) is 0. The zero-order valence-electron chi connectivity index (χ0n) is 8.46. The summed E-state index contributed by atoms with van der Waals surface area (Å²) < 4.78 is 42.6. The summed E-state index contributed by atoms with van der Waals surface area (Å²) in [5, 5.41) is 0.495. The minimum absolute atomic E-state index is 0.186. The van der Waals surface area contributed by atoms with Gasteiger partial charge in [-0.3, -0.25) is 0 Å². The number of nitrogens with zero attached hydrogens (tertiary/aromatic N) is 1. The number of alkyl halides is 4. The van der Waals surface area contributed by atoms with Crippen LogP contribution < -0.4 is 0 Å². The number of oxazole rings is 1. The molecule has 0 bridgehead atoms. The second-order valence-electron chi connectivity index (χ2n) is 3.36. The van der Waals surface area contributed by atoms with E-state index in [1.807, 2.05) is 0 Å². The smallest absolute Gasteiger partial charge is 0.416 e. The van der Waals surface area contributed by atoms with E-state index in [0.717, 1.165) is 12.1 Å². The molecule has 1 aromatic carbocycles. The lowest BCUT2D eigenvalue weighted by atomic mass is 10.1. The van der Waals surface area contributed by atoms with Crippen molar-refractivity contribution >= 4 is 15.9 Å². The van der Waals surface area contributed by atoms with Gasteiger partial charge in [-0.25, -0.2) is 4.98 Å². The predicted octanol–water partition coefficient (Wildman–Crippen LogP) is 4.26. The topological polar surface area (TPSA) is 26.0 Å². The van der Waals surface area contributed by atoms with Crippen molar-refractivity contribution in [2.24, 2.45) is 0 Å². The van der Waals surface area contributed by atoms with Gasteiger partial charge in [0.15, 0.2) is 0 Å². The molecule has 0 aliphatic heterocycles. The van der Waals surface area contributed by atoms with E-state index in [-0.39, 0.29) is 5.89 Å². The molecule has 2 aromatic rings. The van der Waals surface area contributed by atoms with Crippen LogP contribution in [0.5, 0.6) is 0 Å². The Morgan fingerprint density at radius 3 is 2.65 bits per heavy atom. The molecule has 0 saturated heterocycles. The van der Waals surface area contributed by atoms with Crippen molar-refractivity contribution in [3.8, 4) is 11.5 Å². The zero-order chi connectivity index (χ0) is 12.5. The maximum Gasteiger partial charge on any atom is 0.416 e. The lowest BCUT2D eigenvalue weighted by Gasteiger charge is -2.06. The van der Waals surface area contributed by atoms with Crippen LogP contribution in [-0.2, 0) is 11.5 Å². The van der Waals surface area contributed by atoms with Crippen molar-refractivity contribution in [2.75, 3.05) is 0 Å². The van der Waals surface area contributed by atoms with Crippen molar-refractivity contribution in [3.63, 3.8) is 0 Å². The lowest BCUT2D eigenvalue weighted by molar-refractivity contribution is -0.137. The predicted molar refractivity (Wildman–Crippen MR) is 59.6 cm³/mol. The largest absolute Gasteiger partial charge is 0.444 e. The Morgan fingerprint density at radius 1 is 1.29 bits per heavy atom. The van der Waals surface area contributed by atoms with Crippen LogP contribution in [-0.4, -0.2) is 4.98 Å². The van der Waals surface area contributed by atoms with E-state index in [1.165, 1.54) is 18.4 Å². The molecule has 0 spiro atoms. The van der Waals surface area contributed by atoms with Crippen molar-refractivity contribution < 1.29 is 17.6 Å². The highest BCUT2D eigenvalue weighted by atomic mass is 79.9. The third-order valence-corrected chi connectivity index (χ3v) is 2.70. The van der Waals surface area contributed by atoms with Crippen LogP contribution in [0.15, 0.2) is 34.9 Å². The number of rotatable bonds is 2. The van der Waals surface area contributed by atoms with Crippen LogP contribution in [0.3, 0.4) is 0 Å². The highest BCUT2D eigenvalue weighted by Gasteiger charge is 2.30. The second-order valence-corrected chi connectivity index (χ2v) is 3.92. The maximum absolute atomic E-state index is 12.5. The Balaban J connectivity index is 2.39. The average molecular weight is 306 g/mol. The van der Waals surface area contributed by atoms with Gasteiger partial charge in [0.2, 0.25) is 5.89 Å². The van der Waals surface area contributed by atoms with Gasteiger partial charge in [-0.05, 0) is 18.2 Å². The molecule has 0 amide bonds. The molecule has 1 heterocycles. The van der Waals surface area contributed by atoms with Gasteiger partial charge in [-0.2, -0.15) is 13.2 Å². The number of aromatic nitrogens is 1. The van der Waals surface area contributed by atoms with Gasteiger partial charge < -0.3 is 4.42 Å². The molecule has 2 rings (SSSR count). The van der Waals surface area contributed by atoms with Crippen molar-refractivity contribution in [2.45, 2.75) is 11.5 Å². The first-order chi connectivity index (χ1) is 8.00. The van der Waals surface area contributed by atoms with Crippen molar-refractivity contribution in [1.29, 1.82) is 0 Å². The number of hydrogen-bond acceptors (Lipinski definition) is 2. The van der Waals surface area contributed by atoms with Gasteiger partial charge in [0.05, 0.1) is 11.3 Å². The van der Waals surface area contributed by atoms with Gasteiger partial charge in [-0.15, -0.1) is 0 Å². The van der Waals surface area contributed by atoms with E-state index in [9.17, 15) is 13.2 Å². The van der Waals surface area contributed by atoms with Crippen molar-refractivity contribution in [3.05, 3.63) is 41.8 Å². The third kappa shape index (κ3) is 2.69. The van der Waals surface area contributed by atoms with Crippen LogP contribution in [0, 0.1) is 0 Å². The molecule has 0 aliphatic carbocycles. The van der Waals surface area contributed by atoms with Crippen LogP contribution in [0.25, 0.3) is 11.5 Å². The maximum atomic E-state index is 12.5. The summed E-state index contributed by atoms with van der Waals surface area (Å²) in [5.74, 6) is 0.186. The Kier molecular flexibility index (Phi) is 3.24. The Hall–Kier alpha value is -1.30. The summed E-state index contributed by atoms with van der Waals surface area (Å²) in [5.41, 5.74) is 0.234. The standard InChI is InChI=1S/C11H7BrF3NO/c12-5-9-6-17-10(16-9)7-2-1-3-8(4-7)11(13,14)15/h1-4,6H,5H2. The lowest BCUT2D eigenvalue weighted by Crippen LogP contribution is -2.04. The van der Waals surface area contributed by atoms with Gasteiger partial charge in [0.25, 0.3) is 0 Å².